The number of methoxy groups -OCH3 is 1. The van der Waals surface area contributed by atoms with E-state index >= 15 is 0 Å². The zero-order valence-electron chi connectivity index (χ0n) is 9.43. The van der Waals surface area contributed by atoms with Gasteiger partial charge in [-0.1, -0.05) is 6.07 Å². The summed E-state index contributed by atoms with van der Waals surface area (Å²) >= 11 is 0. The van der Waals surface area contributed by atoms with Crippen LogP contribution in [0, 0.1) is 0 Å². The minimum Gasteiger partial charge on any atom is -0.482 e. The maximum atomic E-state index is 11.3. The highest BCUT2D eigenvalue weighted by molar-refractivity contribution is 5.45. The quantitative estimate of drug-likeness (QED) is 0.834. The van der Waals surface area contributed by atoms with Gasteiger partial charge in [-0.05, 0) is 11.6 Å². The van der Waals surface area contributed by atoms with E-state index in [2.05, 4.69) is 15.3 Å². The van der Waals surface area contributed by atoms with Gasteiger partial charge in [-0.25, -0.2) is 0 Å². The van der Waals surface area contributed by atoms with Crippen molar-refractivity contribution in [3.63, 3.8) is 0 Å². The van der Waals surface area contributed by atoms with Crippen molar-refractivity contribution in [2.45, 2.75) is 6.54 Å². The van der Waals surface area contributed by atoms with Gasteiger partial charge in [0, 0.05) is 36.8 Å². The minimum absolute atomic E-state index is 0.196. The van der Waals surface area contributed by atoms with Crippen molar-refractivity contribution in [1.82, 2.24) is 9.97 Å². The highest BCUT2D eigenvalue weighted by Crippen LogP contribution is 2.11. The number of hydrogen-bond acceptors (Lipinski definition) is 4. The number of nitrogens with one attached hydrogen (secondary N) is 2. The Kier molecular flexibility index (Phi) is 3.40. The van der Waals surface area contributed by atoms with Crippen molar-refractivity contribution >= 4 is 5.69 Å². The van der Waals surface area contributed by atoms with E-state index in [1.807, 2.05) is 12.1 Å². The molecule has 0 spiro atoms. The van der Waals surface area contributed by atoms with Crippen LogP contribution in [0.1, 0.15) is 5.56 Å². The molecule has 0 amide bonds. The van der Waals surface area contributed by atoms with E-state index in [9.17, 15) is 4.79 Å². The van der Waals surface area contributed by atoms with Gasteiger partial charge in [-0.15, -0.1) is 0 Å². The van der Waals surface area contributed by atoms with Crippen molar-refractivity contribution in [2.24, 2.45) is 0 Å². The van der Waals surface area contributed by atoms with Crippen molar-refractivity contribution in [2.75, 3.05) is 12.4 Å². The van der Waals surface area contributed by atoms with E-state index in [1.54, 1.807) is 18.5 Å². The molecule has 88 valence electrons. The normalized spacial score (nSPS) is 9.94. The number of ether oxygens (including phenoxy) is 1. The molecule has 5 nitrogen and oxygen atoms in total. The first kappa shape index (κ1) is 11.2. The largest absolute Gasteiger partial charge is 0.482 e. The molecule has 0 saturated carbocycles. The zero-order valence-corrected chi connectivity index (χ0v) is 9.43. The minimum atomic E-state index is -0.196. The molecule has 0 fully saturated rings. The van der Waals surface area contributed by atoms with Crippen LogP contribution < -0.4 is 15.6 Å². The summed E-state index contributed by atoms with van der Waals surface area (Å²) < 4.78 is 4.98. The topological polar surface area (TPSA) is 67.0 Å². The molecule has 2 rings (SSSR count). The molecule has 17 heavy (non-hydrogen) atoms. The maximum absolute atomic E-state index is 11.3. The molecule has 0 aliphatic carbocycles. The third kappa shape index (κ3) is 3.07. The summed E-state index contributed by atoms with van der Waals surface area (Å²) in [6.07, 6.45) is 3.50. The third-order valence-corrected chi connectivity index (χ3v) is 2.26. The first-order valence-corrected chi connectivity index (χ1v) is 5.19. The highest BCUT2D eigenvalue weighted by atomic mass is 16.5. The first-order chi connectivity index (χ1) is 8.28. The number of hydrogen-bond donors (Lipinski definition) is 2. The van der Waals surface area contributed by atoms with Crippen LogP contribution in [0.3, 0.4) is 0 Å². The van der Waals surface area contributed by atoms with E-state index < -0.39 is 0 Å². The average Bonchev–Trinajstić information content (AvgIpc) is 2.37. The molecule has 2 N–H and O–H groups in total. The summed E-state index contributed by atoms with van der Waals surface area (Å²) in [6.45, 7) is 0.612. The van der Waals surface area contributed by atoms with Crippen LogP contribution in [0.2, 0.25) is 0 Å². The van der Waals surface area contributed by atoms with Crippen molar-refractivity contribution < 1.29 is 4.74 Å². The van der Waals surface area contributed by atoms with Crippen LogP contribution in [0.15, 0.2) is 41.5 Å². The van der Waals surface area contributed by atoms with Gasteiger partial charge < -0.3 is 10.1 Å². The highest BCUT2D eigenvalue weighted by Gasteiger charge is 1.99. The van der Waals surface area contributed by atoms with Crippen LogP contribution in [0.4, 0.5) is 5.69 Å². The molecule has 5 heteroatoms. The fourth-order valence-corrected chi connectivity index (χ4v) is 1.44. The molecule has 2 heterocycles. The Morgan fingerprint density at radius 2 is 2.35 bits per heavy atom. The molecular weight excluding hydrogens is 218 g/mol. The van der Waals surface area contributed by atoms with E-state index in [0.29, 0.717) is 12.4 Å². The number of aromatic amines is 1. The van der Waals surface area contributed by atoms with E-state index in [-0.39, 0.29) is 5.56 Å². The second-order valence-corrected chi connectivity index (χ2v) is 3.52. The number of pyridine rings is 2. The Bertz CT molecular complexity index is 537. The summed E-state index contributed by atoms with van der Waals surface area (Å²) in [5, 5.41) is 3.14. The predicted octanol–water partition coefficient (Wildman–Crippen LogP) is 1.39. The van der Waals surface area contributed by atoms with E-state index in [0.717, 1.165) is 11.3 Å². The average molecular weight is 231 g/mol. The van der Waals surface area contributed by atoms with Crippen molar-refractivity contribution in [3.8, 4) is 5.88 Å². The molecule has 0 radical (unpaired) electrons. The van der Waals surface area contributed by atoms with Crippen LogP contribution >= 0.6 is 0 Å². The Morgan fingerprint density at radius 1 is 1.47 bits per heavy atom. The summed E-state index contributed by atoms with van der Waals surface area (Å²) in [6, 6.07) is 7.05. The van der Waals surface area contributed by atoms with Gasteiger partial charge >= 0.3 is 0 Å². The zero-order chi connectivity index (χ0) is 12.1. The van der Waals surface area contributed by atoms with Gasteiger partial charge in [-0.3, -0.25) is 14.8 Å². The fraction of sp³-hybridized carbons (Fsp3) is 0.167. The van der Waals surface area contributed by atoms with Crippen LogP contribution in [0.5, 0.6) is 5.88 Å². The summed E-state index contributed by atoms with van der Waals surface area (Å²) in [5.41, 5.74) is 1.57. The maximum Gasteiger partial charge on any atom is 0.252 e. The predicted molar refractivity (Wildman–Crippen MR) is 65.2 cm³/mol. The number of anilines is 1. The van der Waals surface area contributed by atoms with Gasteiger partial charge in [0.05, 0.1) is 7.11 Å². The standard InChI is InChI=1S/C12H13N3O2/c1-17-12-6-10(5-11(16)15-12)14-8-9-3-2-4-13-7-9/h2-7H,8H2,1H3,(H2,14,15,16). The molecule has 0 atom stereocenters. The van der Waals surface area contributed by atoms with Crippen LogP contribution in [-0.2, 0) is 6.54 Å². The molecule has 0 unspecified atom stereocenters. The SMILES string of the molecule is COc1cc(NCc2cccnc2)cc(=O)[nH]1. The second kappa shape index (κ2) is 5.16. The Hall–Kier alpha value is -2.30. The molecule has 0 aromatic carbocycles. The van der Waals surface area contributed by atoms with E-state index in [1.165, 1.54) is 13.2 Å². The summed E-state index contributed by atoms with van der Waals surface area (Å²) in [7, 11) is 1.51. The number of rotatable bonds is 4. The Balaban J connectivity index is 2.09. The lowest BCUT2D eigenvalue weighted by atomic mass is 10.3. The second-order valence-electron chi connectivity index (χ2n) is 3.52. The van der Waals surface area contributed by atoms with Crippen LogP contribution in [0.25, 0.3) is 0 Å². The molecule has 0 bridgehead atoms. The van der Waals surface area contributed by atoms with Gasteiger partial charge in [0.1, 0.15) is 0 Å². The number of nitrogens with zero attached hydrogens (tertiary/aromatic N) is 1. The molecular formula is C12H13N3O2. The Morgan fingerprint density at radius 3 is 3.06 bits per heavy atom. The smallest absolute Gasteiger partial charge is 0.252 e. The van der Waals surface area contributed by atoms with Crippen molar-refractivity contribution in [1.29, 1.82) is 0 Å². The summed E-state index contributed by atoms with van der Waals surface area (Å²) in [4.78, 5) is 17.9. The van der Waals surface area contributed by atoms with E-state index in [4.69, 9.17) is 4.74 Å². The van der Waals surface area contributed by atoms with Gasteiger partial charge in [0.2, 0.25) is 0 Å². The molecule has 0 saturated heterocycles. The third-order valence-electron chi connectivity index (χ3n) is 2.26. The molecule has 0 aliphatic heterocycles. The lowest BCUT2D eigenvalue weighted by molar-refractivity contribution is 0.397. The Labute approximate surface area is 98.5 Å². The van der Waals surface area contributed by atoms with Crippen molar-refractivity contribution in [3.05, 3.63) is 52.6 Å². The lowest BCUT2D eigenvalue weighted by Crippen LogP contribution is -2.09. The lowest BCUT2D eigenvalue weighted by Gasteiger charge is -2.07. The van der Waals surface area contributed by atoms with Gasteiger partial charge in [0.25, 0.3) is 5.56 Å². The summed E-state index contributed by atoms with van der Waals surface area (Å²) in [5.74, 6) is 0.436. The van der Waals surface area contributed by atoms with Gasteiger partial charge in [0.15, 0.2) is 5.88 Å². The van der Waals surface area contributed by atoms with Gasteiger partial charge in [-0.2, -0.15) is 0 Å². The first-order valence-electron chi connectivity index (χ1n) is 5.19. The fourth-order valence-electron chi connectivity index (χ4n) is 1.44. The van der Waals surface area contributed by atoms with Crippen LogP contribution in [-0.4, -0.2) is 17.1 Å². The monoisotopic (exact) mass is 231 g/mol. The number of aromatic nitrogens is 2. The number of H-pyrrole nitrogens is 1. The molecule has 2 aromatic heterocycles. The molecule has 0 aliphatic rings. The molecule has 2 aromatic rings.